The number of anilines is 3. The number of thiazole rings is 1. The third kappa shape index (κ3) is 4.48. The van der Waals surface area contributed by atoms with E-state index in [9.17, 15) is 14.4 Å². The van der Waals surface area contributed by atoms with E-state index in [1.807, 2.05) is 12.1 Å². The second-order valence-corrected chi connectivity index (χ2v) is 9.74. The van der Waals surface area contributed by atoms with E-state index in [1.165, 1.54) is 22.7 Å². The largest absolute Gasteiger partial charge is 0.482 e. The SMILES string of the molecule is CC(C(=O)Nc1ccc2sc(NC(=O)C3CCCCC3)nc2c1)N1C(=O)COc2ccccc21. The number of benzene rings is 2. The van der Waals surface area contributed by atoms with Crippen LogP contribution in [0.25, 0.3) is 10.2 Å². The molecule has 1 saturated carbocycles. The number of ether oxygens (including phenoxy) is 1. The molecule has 1 aliphatic carbocycles. The molecule has 3 aromatic rings. The molecule has 2 aliphatic rings. The quantitative estimate of drug-likeness (QED) is 0.560. The number of hydrogen-bond donors (Lipinski definition) is 2. The van der Waals surface area contributed by atoms with Crippen LogP contribution in [0.15, 0.2) is 42.5 Å². The molecule has 1 aromatic heterocycles. The van der Waals surface area contributed by atoms with Crippen LogP contribution in [0.3, 0.4) is 0 Å². The predicted octanol–water partition coefficient (Wildman–Crippen LogP) is 4.57. The lowest BCUT2D eigenvalue weighted by atomic mass is 9.89. The van der Waals surface area contributed by atoms with Crippen LogP contribution >= 0.6 is 11.3 Å². The zero-order chi connectivity index (χ0) is 23.7. The number of fused-ring (bicyclic) bond motifs is 2. The molecule has 0 spiro atoms. The highest BCUT2D eigenvalue weighted by molar-refractivity contribution is 7.22. The van der Waals surface area contributed by atoms with Gasteiger partial charge in [0.05, 0.1) is 15.9 Å². The number of para-hydroxylation sites is 2. The lowest BCUT2D eigenvalue weighted by molar-refractivity contribution is -0.125. The Balaban J connectivity index is 1.29. The van der Waals surface area contributed by atoms with Gasteiger partial charge in [-0.2, -0.15) is 0 Å². The number of rotatable bonds is 5. The molecule has 0 bridgehead atoms. The molecule has 2 heterocycles. The highest BCUT2D eigenvalue weighted by Crippen LogP contribution is 2.34. The minimum absolute atomic E-state index is 0.0385. The van der Waals surface area contributed by atoms with Crippen molar-refractivity contribution in [2.45, 2.75) is 45.1 Å². The average molecular weight is 479 g/mol. The summed E-state index contributed by atoms with van der Waals surface area (Å²) in [5, 5.41) is 6.42. The molecule has 0 saturated heterocycles. The van der Waals surface area contributed by atoms with Gasteiger partial charge in [-0.1, -0.05) is 42.7 Å². The van der Waals surface area contributed by atoms with Crippen molar-refractivity contribution in [3.63, 3.8) is 0 Å². The summed E-state index contributed by atoms with van der Waals surface area (Å²) < 4.78 is 6.39. The van der Waals surface area contributed by atoms with Gasteiger partial charge in [0.1, 0.15) is 11.8 Å². The number of carbonyl (C=O) groups excluding carboxylic acids is 3. The summed E-state index contributed by atoms with van der Waals surface area (Å²) in [5.41, 5.74) is 1.85. The normalized spacial score (nSPS) is 17.1. The summed E-state index contributed by atoms with van der Waals surface area (Å²) in [6.07, 6.45) is 5.26. The number of amides is 3. The number of carbonyl (C=O) groups is 3. The first kappa shape index (κ1) is 22.3. The Morgan fingerprint density at radius 1 is 1.12 bits per heavy atom. The van der Waals surface area contributed by atoms with Gasteiger partial charge in [0, 0.05) is 11.6 Å². The zero-order valence-electron chi connectivity index (χ0n) is 18.9. The van der Waals surface area contributed by atoms with Crippen LogP contribution in [0, 0.1) is 5.92 Å². The molecule has 1 unspecified atom stereocenters. The Morgan fingerprint density at radius 3 is 2.74 bits per heavy atom. The summed E-state index contributed by atoms with van der Waals surface area (Å²) in [5.74, 6) is 0.0928. The molecular formula is C25H26N4O4S. The number of hydrogen-bond acceptors (Lipinski definition) is 6. The van der Waals surface area contributed by atoms with Gasteiger partial charge in [-0.3, -0.25) is 19.3 Å². The third-order valence-corrected chi connectivity index (χ3v) is 7.32. The van der Waals surface area contributed by atoms with Gasteiger partial charge in [0.25, 0.3) is 5.91 Å². The first-order chi connectivity index (χ1) is 16.5. The van der Waals surface area contributed by atoms with Crippen molar-refractivity contribution in [1.82, 2.24) is 4.98 Å². The smallest absolute Gasteiger partial charge is 0.265 e. The Bertz CT molecular complexity index is 1250. The molecule has 34 heavy (non-hydrogen) atoms. The van der Waals surface area contributed by atoms with Crippen molar-refractivity contribution < 1.29 is 19.1 Å². The molecular weight excluding hydrogens is 452 g/mol. The maximum absolute atomic E-state index is 13.0. The molecule has 176 valence electrons. The van der Waals surface area contributed by atoms with Crippen molar-refractivity contribution in [3.8, 4) is 5.75 Å². The Morgan fingerprint density at radius 2 is 1.91 bits per heavy atom. The van der Waals surface area contributed by atoms with Crippen molar-refractivity contribution in [3.05, 3.63) is 42.5 Å². The topological polar surface area (TPSA) is 101 Å². The maximum Gasteiger partial charge on any atom is 0.265 e. The van der Waals surface area contributed by atoms with Crippen LogP contribution in [-0.4, -0.2) is 35.4 Å². The molecule has 3 amide bonds. The highest BCUT2D eigenvalue weighted by Gasteiger charge is 2.33. The fourth-order valence-electron chi connectivity index (χ4n) is 4.54. The minimum Gasteiger partial charge on any atom is -0.482 e. The Kier molecular flexibility index (Phi) is 6.19. The lowest BCUT2D eigenvalue weighted by Gasteiger charge is -2.33. The summed E-state index contributed by atoms with van der Waals surface area (Å²) in [4.78, 5) is 44.1. The maximum atomic E-state index is 13.0. The predicted molar refractivity (Wildman–Crippen MR) is 132 cm³/mol. The van der Waals surface area contributed by atoms with Gasteiger partial charge in [-0.25, -0.2) is 4.98 Å². The van der Waals surface area contributed by atoms with Gasteiger partial charge < -0.3 is 15.4 Å². The third-order valence-electron chi connectivity index (χ3n) is 6.37. The van der Waals surface area contributed by atoms with Crippen molar-refractivity contribution >= 4 is 55.8 Å². The summed E-state index contributed by atoms with van der Waals surface area (Å²) >= 11 is 1.42. The van der Waals surface area contributed by atoms with E-state index in [0.717, 1.165) is 30.4 Å². The van der Waals surface area contributed by atoms with E-state index >= 15 is 0 Å². The van der Waals surface area contributed by atoms with Gasteiger partial charge in [0.2, 0.25) is 11.8 Å². The zero-order valence-corrected chi connectivity index (χ0v) is 19.7. The second-order valence-electron chi connectivity index (χ2n) is 8.71. The van der Waals surface area contributed by atoms with Crippen LogP contribution in [0.2, 0.25) is 0 Å². The monoisotopic (exact) mass is 478 g/mol. The van der Waals surface area contributed by atoms with Crippen molar-refractivity contribution in [2.75, 3.05) is 22.1 Å². The van der Waals surface area contributed by atoms with Crippen LogP contribution in [0.5, 0.6) is 5.75 Å². The molecule has 9 heteroatoms. The molecule has 1 fully saturated rings. The highest BCUT2D eigenvalue weighted by atomic mass is 32.1. The molecule has 1 aliphatic heterocycles. The van der Waals surface area contributed by atoms with Crippen LogP contribution in [-0.2, 0) is 14.4 Å². The fraction of sp³-hybridized carbons (Fsp3) is 0.360. The Hall–Kier alpha value is -3.46. The van der Waals surface area contributed by atoms with E-state index in [1.54, 1.807) is 37.3 Å². The first-order valence-corrected chi connectivity index (χ1v) is 12.4. The Labute approximate surface area is 201 Å². The van der Waals surface area contributed by atoms with Gasteiger partial charge in [0.15, 0.2) is 11.7 Å². The molecule has 5 rings (SSSR count). The van der Waals surface area contributed by atoms with Crippen molar-refractivity contribution in [1.29, 1.82) is 0 Å². The van der Waals surface area contributed by atoms with E-state index in [-0.39, 0.29) is 30.2 Å². The minimum atomic E-state index is -0.728. The molecule has 8 nitrogen and oxygen atoms in total. The number of aromatic nitrogens is 1. The van der Waals surface area contributed by atoms with E-state index in [4.69, 9.17) is 4.74 Å². The first-order valence-electron chi connectivity index (χ1n) is 11.6. The summed E-state index contributed by atoms with van der Waals surface area (Å²) in [6, 6.07) is 11.9. The van der Waals surface area contributed by atoms with Crippen LogP contribution in [0.1, 0.15) is 39.0 Å². The van der Waals surface area contributed by atoms with Gasteiger partial charge in [-0.05, 0) is 50.1 Å². The van der Waals surface area contributed by atoms with Crippen LogP contribution < -0.4 is 20.3 Å². The number of nitrogens with one attached hydrogen (secondary N) is 2. The lowest BCUT2D eigenvalue weighted by Crippen LogP contribution is -2.49. The van der Waals surface area contributed by atoms with Gasteiger partial charge in [-0.15, -0.1) is 0 Å². The average Bonchev–Trinajstić information content (AvgIpc) is 3.25. The molecule has 1 atom stereocenters. The van der Waals surface area contributed by atoms with E-state index in [2.05, 4.69) is 15.6 Å². The molecule has 0 radical (unpaired) electrons. The molecule has 2 N–H and O–H groups in total. The molecule has 2 aromatic carbocycles. The van der Waals surface area contributed by atoms with Crippen LogP contribution in [0.4, 0.5) is 16.5 Å². The van der Waals surface area contributed by atoms with E-state index in [0.29, 0.717) is 27.8 Å². The second kappa shape index (κ2) is 9.42. The number of nitrogens with zero attached hydrogens (tertiary/aromatic N) is 2. The fourth-order valence-corrected chi connectivity index (χ4v) is 5.39. The van der Waals surface area contributed by atoms with E-state index < -0.39 is 6.04 Å². The van der Waals surface area contributed by atoms with Gasteiger partial charge >= 0.3 is 0 Å². The summed E-state index contributed by atoms with van der Waals surface area (Å²) in [6.45, 7) is 1.59. The van der Waals surface area contributed by atoms with Crippen molar-refractivity contribution in [2.24, 2.45) is 5.92 Å². The standard InChI is InChI=1S/C25H26N4O4S/c1-15(29-19-9-5-6-10-20(19)33-14-22(29)30)23(31)26-17-11-12-21-18(13-17)27-25(34-21)28-24(32)16-7-3-2-4-8-16/h5-6,9-13,15-16H,2-4,7-8,14H2,1H3,(H,26,31)(H,27,28,32). The summed E-state index contributed by atoms with van der Waals surface area (Å²) in [7, 11) is 0.